The van der Waals surface area contributed by atoms with Gasteiger partial charge in [0.25, 0.3) is 0 Å². The number of hydrogen-bond acceptors (Lipinski definition) is 18. The molecule has 0 amide bonds. The van der Waals surface area contributed by atoms with Crippen molar-refractivity contribution in [1.82, 2.24) is 0 Å². The first-order valence-electron chi connectivity index (χ1n) is 15.7. The first-order chi connectivity index (χ1) is 24.0. The molecule has 0 spiro atoms. The minimum atomic E-state index is -2.39. The third kappa shape index (κ3) is 9.12. The van der Waals surface area contributed by atoms with Crippen molar-refractivity contribution in [2.24, 2.45) is 11.8 Å². The van der Waals surface area contributed by atoms with Crippen LogP contribution in [0.4, 0.5) is 0 Å². The number of aliphatic hydroxyl groups excluding tert-OH is 1. The summed E-state index contributed by atoms with van der Waals surface area (Å²) in [5.74, 6) is -6.99. The van der Waals surface area contributed by atoms with Gasteiger partial charge in [-0.1, -0.05) is 0 Å². The van der Waals surface area contributed by atoms with Gasteiger partial charge in [-0.05, 0) is 30.3 Å². The van der Waals surface area contributed by atoms with Crippen molar-refractivity contribution in [2.75, 3.05) is 20.3 Å². The number of benzene rings is 1. The fourth-order valence-electron chi connectivity index (χ4n) is 6.18. The summed E-state index contributed by atoms with van der Waals surface area (Å²) >= 11 is 0. The minimum Gasteiger partial charge on any atom is -0.497 e. The highest BCUT2D eigenvalue weighted by Gasteiger charge is 2.66. The van der Waals surface area contributed by atoms with Gasteiger partial charge >= 0.3 is 35.8 Å². The molecule has 1 saturated carbocycles. The Morgan fingerprint density at radius 3 is 1.90 bits per heavy atom. The molecule has 3 aliphatic rings. The van der Waals surface area contributed by atoms with Crippen molar-refractivity contribution in [2.45, 2.75) is 89.4 Å². The molecular weight excluding hydrogens is 684 g/mol. The molecule has 4 rings (SSSR count). The second-order valence-electron chi connectivity index (χ2n) is 12.0. The van der Waals surface area contributed by atoms with Crippen LogP contribution in [0.2, 0.25) is 0 Å². The van der Waals surface area contributed by atoms with E-state index in [0.717, 1.165) is 40.9 Å². The number of ether oxygens (including phenoxy) is 10. The monoisotopic (exact) mass is 724 g/mol. The number of methoxy groups -OCH3 is 1. The van der Waals surface area contributed by atoms with E-state index in [4.69, 9.17) is 47.4 Å². The van der Waals surface area contributed by atoms with Crippen LogP contribution in [-0.2, 0) is 66.6 Å². The van der Waals surface area contributed by atoms with E-state index in [1.807, 2.05) is 0 Å². The van der Waals surface area contributed by atoms with E-state index in [9.17, 15) is 39.0 Å². The van der Waals surface area contributed by atoms with Crippen molar-refractivity contribution in [3.05, 3.63) is 42.2 Å². The summed E-state index contributed by atoms with van der Waals surface area (Å²) in [5.41, 5.74) is -2.30. The number of fused-ring (bicyclic) bond motifs is 1. The topological polar surface area (TPSA) is 235 Å². The Hall–Kier alpha value is -4.78. The Bertz CT molecular complexity index is 1490. The van der Waals surface area contributed by atoms with Gasteiger partial charge in [0.15, 0.2) is 18.3 Å². The molecule has 1 aliphatic carbocycles. The van der Waals surface area contributed by atoms with Gasteiger partial charge in [-0.25, -0.2) is 4.79 Å². The number of aliphatic hydroxyl groups is 2. The smallest absolute Gasteiger partial charge is 0.338 e. The molecule has 0 unspecified atom stereocenters. The molecule has 0 bridgehead atoms. The molecule has 11 atom stereocenters. The molecule has 0 radical (unpaired) electrons. The van der Waals surface area contributed by atoms with Gasteiger partial charge in [0.1, 0.15) is 42.9 Å². The van der Waals surface area contributed by atoms with E-state index in [2.05, 4.69) is 0 Å². The Labute approximate surface area is 291 Å². The third-order valence-electron chi connectivity index (χ3n) is 8.29. The molecule has 1 aromatic rings. The van der Waals surface area contributed by atoms with E-state index >= 15 is 0 Å². The molecule has 280 valence electrons. The van der Waals surface area contributed by atoms with Crippen molar-refractivity contribution in [3.8, 4) is 5.75 Å². The Kier molecular flexibility index (Phi) is 12.6. The first kappa shape index (κ1) is 39.0. The third-order valence-corrected chi connectivity index (χ3v) is 8.29. The van der Waals surface area contributed by atoms with Crippen LogP contribution in [0.1, 0.15) is 45.0 Å². The first-order valence-corrected chi connectivity index (χ1v) is 15.7. The van der Waals surface area contributed by atoms with E-state index < -0.39 is 116 Å². The van der Waals surface area contributed by atoms with Crippen molar-refractivity contribution in [1.29, 1.82) is 0 Å². The van der Waals surface area contributed by atoms with Crippen LogP contribution in [0.15, 0.2) is 36.6 Å². The lowest BCUT2D eigenvalue weighted by molar-refractivity contribution is -0.350. The summed E-state index contributed by atoms with van der Waals surface area (Å²) in [7, 11) is 1.45. The number of hydrogen-bond donors (Lipinski definition) is 2. The SMILES string of the molecule is COc1ccc(C(=O)O[C@H]2[C@@H]3C=CO[C@@H](O[C@@H]4O[C@H](COC(C)=O)[C@@H](OC(C)=O)[C@H](OC(C)=O)[C@H]4OC(C)=O)[C@@H]3[C@](O)(COC(C)=O)[C@@H]2O)cc1. The van der Waals surface area contributed by atoms with Crippen LogP contribution in [0.25, 0.3) is 0 Å². The maximum absolute atomic E-state index is 13.2. The van der Waals surface area contributed by atoms with Gasteiger partial charge in [-0.3, -0.25) is 24.0 Å². The molecule has 0 aromatic heterocycles. The average molecular weight is 725 g/mol. The summed E-state index contributed by atoms with van der Waals surface area (Å²) in [6.07, 6.45) is -10.3. The normalized spacial score (nSPS) is 32.3. The lowest BCUT2D eigenvalue weighted by atomic mass is 9.83. The van der Waals surface area contributed by atoms with E-state index in [-0.39, 0.29) is 5.56 Å². The van der Waals surface area contributed by atoms with Gasteiger partial charge < -0.3 is 57.6 Å². The van der Waals surface area contributed by atoms with Crippen molar-refractivity contribution >= 4 is 35.8 Å². The van der Waals surface area contributed by atoms with Crippen molar-refractivity contribution in [3.63, 3.8) is 0 Å². The molecule has 1 saturated heterocycles. The van der Waals surface area contributed by atoms with Crippen LogP contribution in [0, 0.1) is 11.8 Å². The number of esters is 6. The fourth-order valence-corrected chi connectivity index (χ4v) is 6.18. The Morgan fingerprint density at radius 2 is 1.33 bits per heavy atom. The van der Waals surface area contributed by atoms with Gasteiger partial charge in [0.05, 0.1) is 24.9 Å². The predicted octanol–water partition coefficient (Wildman–Crippen LogP) is 0.0914. The molecular formula is C33H40O18. The second-order valence-corrected chi connectivity index (χ2v) is 12.0. The highest BCUT2D eigenvalue weighted by Crippen LogP contribution is 2.49. The number of carbonyl (C=O) groups excluding carboxylic acids is 6. The Balaban J connectivity index is 1.72. The summed E-state index contributed by atoms with van der Waals surface area (Å²) in [5, 5.41) is 23.5. The summed E-state index contributed by atoms with van der Waals surface area (Å²) in [4.78, 5) is 73.4. The molecule has 2 aliphatic heterocycles. The largest absolute Gasteiger partial charge is 0.497 e. The van der Waals surface area contributed by atoms with Crippen LogP contribution in [0.5, 0.6) is 5.75 Å². The fraction of sp³-hybridized carbons (Fsp3) is 0.576. The van der Waals surface area contributed by atoms with Crippen LogP contribution < -0.4 is 4.74 Å². The van der Waals surface area contributed by atoms with Gasteiger partial charge in [0, 0.05) is 40.5 Å². The van der Waals surface area contributed by atoms with E-state index in [1.165, 1.54) is 37.5 Å². The molecule has 2 N–H and O–H groups in total. The minimum absolute atomic E-state index is 0.0938. The van der Waals surface area contributed by atoms with Crippen molar-refractivity contribution < 1.29 is 86.3 Å². The second kappa shape index (κ2) is 16.5. The average Bonchev–Trinajstić information content (AvgIpc) is 3.27. The van der Waals surface area contributed by atoms with Crippen LogP contribution in [-0.4, -0.2) is 121 Å². The molecule has 2 heterocycles. The van der Waals surface area contributed by atoms with Gasteiger partial charge in [0.2, 0.25) is 12.6 Å². The molecule has 18 heteroatoms. The zero-order valence-electron chi connectivity index (χ0n) is 28.6. The lowest BCUT2D eigenvalue weighted by Crippen LogP contribution is -2.64. The number of carbonyl (C=O) groups is 6. The summed E-state index contributed by atoms with van der Waals surface area (Å²) in [6.45, 7) is 3.97. The van der Waals surface area contributed by atoms with Gasteiger partial charge in [-0.2, -0.15) is 0 Å². The van der Waals surface area contributed by atoms with Gasteiger partial charge in [-0.15, -0.1) is 0 Å². The quantitative estimate of drug-likeness (QED) is 0.215. The molecule has 1 aromatic carbocycles. The summed E-state index contributed by atoms with van der Waals surface area (Å²) in [6, 6.07) is 5.91. The summed E-state index contributed by atoms with van der Waals surface area (Å²) < 4.78 is 55.2. The van der Waals surface area contributed by atoms with Crippen LogP contribution >= 0.6 is 0 Å². The van der Waals surface area contributed by atoms with E-state index in [1.54, 1.807) is 0 Å². The maximum Gasteiger partial charge on any atom is 0.338 e. The maximum atomic E-state index is 13.2. The Morgan fingerprint density at radius 1 is 0.745 bits per heavy atom. The molecule has 2 fully saturated rings. The zero-order valence-corrected chi connectivity index (χ0v) is 28.6. The zero-order chi connectivity index (χ0) is 37.6. The van der Waals surface area contributed by atoms with Crippen LogP contribution in [0.3, 0.4) is 0 Å². The molecule has 51 heavy (non-hydrogen) atoms. The predicted molar refractivity (Wildman–Crippen MR) is 164 cm³/mol. The highest BCUT2D eigenvalue weighted by atomic mass is 16.8. The molecule has 18 nitrogen and oxygen atoms in total. The van der Waals surface area contributed by atoms with E-state index in [0.29, 0.717) is 5.75 Å². The number of rotatable bonds is 12. The highest BCUT2D eigenvalue weighted by molar-refractivity contribution is 5.89. The lowest BCUT2D eigenvalue weighted by Gasteiger charge is -2.46. The standard InChI is InChI=1S/C33H40O18/c1-15(34)44-13-23-26(46-17(3)36)27(47-18(4)37)28(48-19(5)38)32(49-23)51-31-24-22(11-12-43-31)25(29(39)33(24,41)14-45-16(2)35)50-30(40)20-7-9-21(42-6)10-8-20/h7-12,22-29,31-32,39,41H,13-14H2,1-6H3/t22-,23-,24-,25+,26-,27+,28-,29-,31+,32+,33-/m1/s1.